The average Bonchev–Trinajstić information content (AvgIpc) is 3.31. The lowest BCUT2D eigenvalue weighted by Crippen LogP contribution is -2.46. The second-order valence-corrected chi connectivity index (χ2v) is 8.89. The molecular weight excluding hydrogens is 478 g/mol. The fourth-order valence-electron chi connectivity index (χ4n) is 4.29. The summed E-state index contributed by atoms with van der Waals surface area (Å²) in [5.41, 5.74) is 3.84. The van der Waals surface area contributed by atoms with E-state index in [2.05, 4.69) is 15.7 Å². The number of hydrogen-bond donors (Lipinski definition) is 2. The highest BCUT2D eigenvalue weighted by Gasteiger charge is 2.35. The molecule has 4 aromatic rings. The highest BCUT2D eigenvalue weighted by atomic mass is 19.3. The van der Waals surface area contributed by atoms with E-state index in [0.717, 1.165) is 27.6 Å². The van der Waals surface area contributed by atoms with Crippen molar-refractivity contribution in [1.82, 2.24) is 20.4 Å². The van der Waals surface area contributed by atoms with Crippen molar-refractivity contribution in [3.8, 4) is 16.9 Å². The largest absolute Gasteiger partial charge is 0.497 e. The molecule has 1 aromatic heterocycles. The molecule has 0 bridgehead atoms. The molecule has 0 aliphatic heterocycles. The zero-order valence-corrected chi connectivity index (χ0v) is 21.0. The fraction of sp³-hybridized carbons (Fsp3) is 0.250. The Labute approximate surface area is 213 Å². The lowest BCUT2D eigenvalue weighted by Gasteiger charge is -2.27. The minimum absolute atomic E-state index is 0.174. The van der Waals surface area contributed by atoms with Gasteiger partial charge in [0.1, 0.15) is 5.75 Å². The van der Waals surface area contributed by atoms with Crippen LogP contribution in [-0.4, -0.2) is 47.7 Å². The van der Waals surface area contributed by atoms with E-state index in [1.807, 2.05) is 48.5 Å². The molecule has 1 heterocycles. The Balaban J connectivity index is 1.75. The van der Waals surface area contributed by atoms with Gasteiger partial charge < -0.3 is 15.4 Å². The maximum absolute atomic E-state index is 13.7. The number of hydrogen-bond acceptors (Lipinski definition) is 4. The standard InChI is InChI=1S/C28H28F2N4O3/c1-17(33-27(36)28(2,29)30)25(18-8-11-23(37-4)12-9-18)34-24-13-10-20(15-22(24)16-32-34)19-6-5-7-21(14-19)26(35)31-3/h5-17,25H,1-4H3,(H,31,35)(H,33,36)/t17-,25-/m0/s1. The normalized spacial score (nSPS) is 13.1. The second-order valence-electron chi connectivity index (χ2n) is 8.89. The van der Waals surface area contributed by atoms with Gasteiger partial charge in [0.2, 0.25) is 0 Å². The first-order valence-corrected chi connectivity index (χ1v) is 11.7. The van der Waals surface area contributed by atoms with E-state index < -0.39 is 23.9 Å². The predicted molar refractivity (Wildman–Crippen MR) is 138 cm³/mol. The Morgan fingerprint density at radius 2 is 1.73 bits per heavy atom. The number of carbonyl (C=O) groups excluding carboxylic acids is 2. The van der Waals surface area contributed by atoms with Crippen LogP contribution < -0.4 is 15.4 Å². The molecule has 4 rings (SSSR count). The van der Waals surface area contributed by atoms with E-state index >= 15 is 0 Å². The Morgan fingerprint density at radius 1 is 1.03 bits per heavy atom. The summed E-state index contributed by atoms with van der Waals surface area (Å²) >= 11 is 0. The van der Waals surface area contributed by atoms with Gasteiger partial charge in [-0.15, -0.1) is 0 Å². The third-order valence-corrected chi connectivity index (χ3v) is 6.23. The van der Waals surface area contributed by atoms with E-state index in [4.69, 9.17) is 4.74 Å². The van der Waals surface area contributed by atoms with Crippen LogP contribution in [-0.2, 0) is 4.79 Å². The topological polar surface area (TPSA) is 85.2 Å². The van der Waals surface area contributed by atoms with E-state index in [-0.39, 0.29) is 5.91 Å². The molecule has 0 radical (unpaired) electrons. The van der Waals surface area contributed by atoms with E-state index in [0.29, 0.717) is 18.2 Å². The predicted octanol–water partition coefficient (Wildman–Crippen LogP) is 4.82. The maximum Gasteiger partial charge on any atom is 0.321 e. The number of fused-ring (bicyclic) bond motifs is 1. The third-order valence-electron chi connectivity index (χ3n) is 6.23. The second kappa shape index (κ2) is 10.4. The average molecular weight is 507 g/mol. The van der Waals surface area contributed by atoms with E-state index in [1.165, 1.54) is 0 Å². The lowest BCUT2D eigenvalue weighted by atomic mass is 9.99. The third kappa shape index (κ3) is 5.45. The number of nitrogens with one attached hydrogen (secondary N) is 2. The van der Waals surface area contributed by atoms with E-state index in [1.54, 1.807) is 50.2 Å². The summed E-state index contributed by atoms with van der Waals surface area (Å²) in [6.07, 6.45) is 1.70. The summed E-state index contributed by atoms with van der Waals surface area (Å²) in [5.74, 6) is -4.39. The molecule has 2 N–H and O–H groups in total. The van der Waals surface area contributed by atoms with Crippen LogP contribution in [0.25, 0.3) is 22.0 Å². The summed E-state index contributed by atoms with van der Waals surface area (Å²) in [6.45, 7) is 2.24. The molecule has 0 spiro atoms. The van der Waals surface area contributed by atoms with Crippen LogP contribution >= 0.6 is 0 Å². The summed E-state index contributed by atoms with van der Waals surface area (Å²) < 4.78 is 34.3. The zero-order valence-electron chi connectivity index (χ0n) is 21.0. The van der Waals surface area contributed by atoms with Gasteiger partial charge in [0, 0.05) is 24.9 Å². The van der Waals surface area contributed by atoms with Crippen molar-refractivity contribution in [3.05, 3.63) is 84.1 Å². The molecule has 192 valence electrons. The van der Waals surface area contributed by atoms with Gasteiger partial charge in [-0.3, -0.25) is 14.3 Å². The monoisotopic (exact) mass is 506 g/mol. The number of aromatic nitrogens is 2. The van der Waals surface area contributed by atoms with Crippen LogP contribution in [0.5, 0.6) is 5.75 Å². The van der Waals surface area contributed by atoms with Crippen molar-refractivity contribution in [2.24, 2.45) is 0 Å². The molecule has 0 saturated heterocycles. The summed E-state index contributed by atoms with van der Waals surface area (Å²) in [4.78, 5) is 24.2. The highest BCUT2D eigenvalue weighted by molar-refractivity contribution is 5.95. The smallest absolute Gasteiger partial charge is 0.321 e. The van der Waals surface area contributed by atoms with Crippen LogP contribution in [0.2, 0.25) is 0 Å². The number of rotatable bonds is 8. The van der Waals surface area contributed by atoms with Crippen LogP contribution in [0.4, 0.5) is 8.78 Å². The minimum Gasteiger partial charge on any atom is -0.497 e. The molecule has 7 nitrogen and oxygen atoms in total. The van der Waals surface area contributed by atoms with Crippen molar-refractivity contribution in [1.29, 1.82) is 0 Å². The Bertz CT molecular complexity index is 1430. The Kier molecular flexibility index (Phi) is 7.24. The quantitative estimate of drug-likeness (QED) is 0.359. The van der Waals surface area contributed by atoms with Crippen LogP contribution in [0.15, 0.2) is 72.9 Å². The lowest BCUT2D eigenvalue weighted by molar-refractivity contribution is -0.143. The Morgan fingerprint density at radius 3 is 2.38 bits per heavy atom. The first kappa shape index (κ1) is 25.8. The molecule has 0 fully saturated rings. The number of carbonyl (C=O) groups is 2. The molecule has 9 heteroatoms. The molecule has 0 unspecified atom stereocenters. The van der Waals surface area contributed by atoms with Crippen molar-refractivity contribution in [2.45, 2.75) is 31.9 Å². The Hall–Kier alpha value is -4.27. The molecule has 0 aliphatic carbocycles. The number of nitrogens with zero attached hydrogens (tertiary/aromatic N) is 2. The number of benzene rings is 3. The van der Waals surface area contributed by atoms with Crippen LogP contribution in [0.3, 0.4) is 0 Å². The molecular formula is C28H28F2N4O3. The first-order valence-electron chi connectivity index (χ1n) is 11.7. The zero-order chi connectivity index (χ0) is 26.7. The number of halogens is 2. The number of methoxy groups -OCH3 is 1. The maximum atomic E-state index is 13.7. The van der Waals surface area contributed by atoms with Gasteiger partial charge in [-0.05, 0) is 60.0 Å². The van der Waals surface area contributed by atoms with Crippen LogP contribution in [0.1, 0.15) is 35.8 Å². The van der Waals surface area contributed by atoms with Crippen molar-refractivity contribution < 1.29 is 23.1 Å². The molecule has 0 saturated carbocycles. The summed E-state index contributed by atoms with van der Waals surface area (Å²) in [6, 6.07) is 19.0. The summed E-state index contributed by atoms with van der Waals surface area (Å²) in [5, 5.41) is 10.5. The summed E-state index contributed by atoms with van der Waals surface area (Å²) in [7, 11) is 3.14. The molecule has 2 amide bonds. The SMILES string of the molecule is CNC(=O)c1cccc(-c2ccc3c(cnn3[C@H](c3ccc(OC)cc3)[C@H](C)NC(=O)C(C)(F)F)c2)c1. The van der Waals surface area contributed by atoms with Crippen molar-refractivity contribution in [3.63, 3.8) is 0 Å². The van der Waals surface area contributed by atoms with Crippen LogP contribution in [0, 0.1) is 0 Å². The van der Waals surface area contributed by atoms with Gasteiger partial charge in [-0.2, -0.15) is 13.9 Å². The minimum atomic E-state index is -3.51. The van der Waals surface area contributed by atoms with Gasteiger partial charge in [0.15, 0.2) is 0 Å². The number of ether oxygens (including phenoxy) is 1. The molecule has 0 aliphatic rings. The fourth-order valence-corrected chi connectivity index (χ4v) is 4.29. The van der Waals surface area contributed by atoms with E-state index in [9.17, 15) is 18.4 Å². The highest BCUT2D eigenvalue weighted by Crippen LogP contribution is 2.31. The molecule has 37 heavy (non-hydrogen) atoms. The van der Waals surface area contributed by atoms with Gasteiger partial charge in [0.25, 0.3) is 11.8 Å². The number of amides is 2. The van der Waals surface area contributed by atoms with Crippen molar-refractivity contribution in [2.75, 3.05) is 14.2 Å². The van der Waals surface area contributed by atoms with Gasteiger partial charge in [0.05, 0.1) is 30.9 Å². The van der Waals surface area contributed by atoms with Gasteiger partial charge in [-0.25, -0.2) is 0 Å². The molecule has 3 aromatic carbocycles. The van der Waals surface area contributed by atoms with Gasteiger partial charge in [-0.1, -0.05) is 30.3 Å². The van der Waals surface area contributed by atoms with Gasteiger partial charge >= 0.3 is 5.92 Å². The first-order chi connectivity index (χ1) is 17.6. The number of alkyl halides is 2. The molecule has 2 atom stereocenters. The van der Waals surface area contributed by atoms with Crippen molar-refractivity contribution >= 4 is 22.7 Å².